The molecule has 4 aliphatic heterocycles. The fourth-order valence-corrected chi connectivity index (χ4v) is 11.4. The molecule has 2 spiro atoms. The third-order valence-electron chi connectivity index (χ3n) is 15.3. The van der Waals surface area contributed by atoms with Gasteiger partial charge in [0.2, 0.25) is 0 Å². The van der Waals surface area contributed by atoms with Crippen LogP contribution in [0.4, 0.5) is 19.2 Å². The van der Waals surface area contributed by atoms with Gasteiger partial charge in [0, 0.05) is 125 Å². The summed E-state index contributed by atoms with van der Waals surface area (Å²) in [6, 6.07) is 0. The summed E-state index contributed by atoms with van der Waals surface area (Å²) in [6.07, 6.45) is 4.75. The molecule has 83 heavy (non-hydrogen) atoms. The van der Waals surface area contributed by atoms with Gasteiger partial charge in [0.1, 0.15) is 34.0 Å². The first-order valence-electron chi connectivity index (χ1n) is 28.4. The SMILES string of the molecule is C.C.C.C=C1CCN(C(=O)OC(C)(C)C)C(C)(C)C1.CC(=O)C1CC12CCN(C(=O)OC(C)(C)C)C(C)(C)C2.CC(C)(C)OC(=O)N1CCC(=O)CC1(C)C.CC(C)(C)OC(=O)N1CCC2(CC2C(=O)O)CC1(C)C.[B]B([B])B([B])B([B])[B]. The van der Waals surface area contributed by atoms with Crippen LogP contribution in [0.25, 0.3) is 0 Å². The van der Waals surface area contributed by atoms with Crippen LogP contribution < -0.4 is 0 Å². The number of likely N-dealkylation sites (tertiary alicyclic amines) is 4. The van der Waals surface area contributed by atoms with Gasteiger partial charge in [0.25, 0.3) is 0 Å². The molecule has 10 radical (unpaired) electrons. The van der Waals surface area contributed by atoms with Crippen LogP contribution in [0.1, 0.15) is 232 Å². The maximum Gasteiger partial charge on any atom is 0.410 e. The van der Waals surface area contributed by atoms with Crippen molar-refractivity contribution in [3.63, 3.8) is 0 Å². The zero-order valence-electron chi connectivity index (χ0n) is 53.1. The van der Waals surface area contributed by atoms with Crippen molar-refractivity contribution in [1.82, 2.24) is 19.6 Å². The average Bonchev–Trinajstić information content (AvgIpc) is 4.11. The van der Waals surface area contributed by atoms with E-state index in [0.29, 0.717) is 44.8 Å². The summed E-state index contributed by atoms with van der Waals surface area (Å²) >= 11 is 0. The molecule has 4 atom stereocenters. The molecular formula is C59H108B8N4O12. The number of carboxylic acid groups (broad SMARTS) is 1. The van der Waals surface area contributed by atoms with Crippen molar-refractivity contribution in [3.8, 4) is 0 Å². The Morgan fingerprint density at radius 2 is 0.795 bits per heavy atom. The summed E-state index contributed by atoms with van der Waals surface area (Å²) in [7, 11) is 25.8. The van der Waals surface area contributed by atoms with Crippen molar-refractivity contribution in [2.75, 3.05) is 26.2 Å². The van der Waals surface area contributed by atoms with Crippen LogP contribution >= 0.6 is 0 Å². The van der Waals surface area contributed by atoms with Gasteiger partial charge < -0.3 is 43.7 Å². The van der Waals surface area contributed by atoms with E-state index in [9.17, 15) is 33.6 Å². The van der Waals surface area contributed by atoms with Crippen LogP contribution in [0.3, 0.4) is 0 Å². The fourth-order valence-electron chi connectivity index (χ4n) is 11.4. The van der Waals surface area contributed by atoms with Crippen LogP contribution in [-0.2, 0) is 33.3 Å². The van der Waals surface area contributed by atoms with Gasteiger partial charge in [-0.05, 0) is 208 Å². The van der Waals surface area contributed by atoms with Crippen molar-refractivity contribution in [3.05, 3.63) is 12.2 Å². The molecule has 460 valence electrons. The van der Waals surface area contributed by atoms with Gasteiger partial charge in [0.05, 0.1) is 5.92 Å². The number of carboxylic acids is 1. The minimum Gasteiger partial charge on any atom is -0.481 e. The van der Waals surface area contributed by atoms with E-state index in [1.807, 2.05) is 121 Å². The summed E-state index contributed by atoms with van der Waals surface area (Å²) in [5, 5.41) is 9.16. The number of nitrogens with zero attached hydrogens (tertiary/aromatic N) is 4. The van der Waals surface area contributed by atoms with Gasteiger partial charge in [-0.3, -0.25) is 14.4 Å². The summed E-state index contributed by atoms with van der Waals surface area (Å²) in [4.78, 5) is 89.6. The number of rotatable bonds is 4. The number of piperidine rings is 4. The number of ether oxygens (including phenoxy) is 4. The Hall–Kier alpha value is -3.85. The van der Waals surface area contributed by atoms with Gasteiger partial charge in [-0.25, -0.2) is 19.2 Å². The predicted molar refractivity (Wildman–Crippen MR) is 345 cm³/mol. The number of Topliss-reactive ketones (excluding diaryl/α,β-unsaturated/α-hetero) is 2. The molecule has 6 aliphatic rings. The predicted octanol–water partition coefficient (Wildman–Crippen LogP) is 10.9. The first kappa shape index (κ1) is 81.2. The van der Waals surface area contributed by atoms with Crippen molar-refractivity contribution in [1.29, 1.82) is 0 Å². The lowest BCUT2D eigenvalue weighted by atomic mass is 8.68. The number of amides is 4. The molecule has 1 N–H and O–H groups in total. The normalized spacial score (nSPS) is 24.3. The second-order valence-corrected chi connectivity index (χ2v) is 29.7. The molecule has 2 saturated carbocycles. The molecule has 4 heterocycles. The van der Waals surface area contributed by atoms with Gasteiger partial charge in [-0.1, -0.05) is 34.4 Å². The highest BCUT2D eigenvalue weighted by Crippen LogP contribution is 2.63. The van der Waals surface area contributed by atoms with Gasteiger partial charge >= 0.3 is 30.3 Å². The third-order valence-corrected chi connectivity index (χ3v) is 15.3. The molecule has 24 heteroatoms. The second-order valence-electron chi connectivity index (χ2n) is 29.7. The molecule has 2 aliphatic carbocycles. The van der Waals surface area contributed by atoms with Gasteiger partial charge in [-0.2, -0.15) is 0 Å². The first-order valence-corrected chi connectivity index (χ1v) is 28.4. The van der Waals surface area contributed by atoms with Crippen molar-refractivity contribution in [2.24, 2.45) is 22.7 Å². The minimum absolute atomic E-state index is 0. The number of aliphatic carboxylic acids is 1. The molecular weight excluding hydrogens is 1040 g/mol. The zero-order valence-corrected chi connectivity index (χ0v) is 53.1. The van der Waals surface area contributed by atoms with Crippen molar-refractivity contribution < 1.29 is 57.6 Å². The maximum absolute atomic E-state index is 12.3. The highest BCUT2D eigenvalue weighted by atomic mass is 16.6. The monoisotopic (exact) mass is 1150 g/mol. The van der Waals surface area contributed by atoms with Crippen molar-refractivity contribution in [2.45, 2.75) is 276 Å². The molecule has 4 saturated heterocycles. The number of carbonyl (C=O) groups is 7. The smallest absolute Gasteiger partial charge is 0.410 e. The molecule has 0 bridgehead atoms. The highest BCUT2D eigenvalue weighted by Gasteiger charge is 2.63. The molecule has 6 rings (SSSR count). The summed E-state index contributed by atoms with van der Waals surface area (Å²) in [6.45, 7) is 46.6. The molecule has 0 aromatic rings. The summed E-state index contributed by atoms with van der Waals surface area (Å²) in [5.74, 6) is -0.215. The fraction of sp³-hybridized carbons (Fsp3) is 0.847. The molecule has 16 nitrogen and oxygen atoms in total. The lowest BCUT2D eigenvalue weighted by Gasteiger charge is -2.46. The lowest BCUT2D eigenvalue weighted by molar-refractivity contribution is -0.140. The Morgan fingerprint density at radius 1 is 0.506 bits per heavy atom. The van der Waals surface area contributed by atoms with Crippen molar-refractivity contribution >= 4 is 99.7 Å². The van der Waals surface area contributed by atoms with E-state index in [4.69, 9.17) is 62.7 Å². The number of hydrogen-bond acceptors (Lipinski definition) is 11. The minimum atomic E-state index is -0.702. The number of ketones is 2. The Kier molecular flexibility index (Phi) is 29.1. The molecule has 0 aromatic heterocycles. The van der Waals surface area contributed by atoms with E-state index in [0.717, 1.165) is 51.4 Å². The summed E-state index contributed by atoms with van der Waals surface area (Å²) < 4.78 is 21.7. The first-order chi connectivity index (χ1) is 35.7. The van der Waals surface area contributed by atoms with Crippen LogP contribution in [-0.4, -0.2) is 195 Å². The largest absolute Gasteiger partial charge is 0.481 e. The highest BCUT2D eigenvalue weighted by molar-refractivity contribution is 7.89. The Bertz CT molecular complexity index is 2090. The zero-order chi connectivity index (χ0) is 62.5. The quantitative estimate of drug-likeness (QED) is 0.160. The number of carbonyl (C=O) groups excluding carboxylic acids is 6. The lowest BCUT2D eigenvalue weighted by Crippen LogP contribution is -2.55. The average molecular weight is 1150 g/mol. The maximum atomic E-state index is 12.3. The van der Waals surface area contributed by atoms with Crippen LogP contribution in [0.15, 0.2) is 12.2 Å². The molecule has 4 amide bonds. The van der Waals surface area contributed by atoms with E-state index >= 15 is 0 Å². The van der Waals surface area contributed by atoms with Crippen LogP contribution in [0.5, 0.6) is 0 Å². The second kappa shape index (κ2) is 29.7. The topological polar surface area (TPSA) is 190 Å². The molecule has 6 fully saturated rings. The van der Waals surface area contributed by atoms with E-state index < -0.39 is 53.1 Å². The van der Waals surface area contributed by atoms with E-state index in [1.54, 1.807) is 16.7 Å². The van der Waals surface area contributed by atoms with Crippen LogP contribution in [0, 0.1) is 22.7 Å². The molecule has 4 unspecified atom stereocenters. The third kappa shape index (κ3) is 25.2. The van der Waals surface area contributed by atoms with Gasteiger partial charge in [-0.15, -0.1) is 0 Å². The number of hydrogen-bond donors (Lipinski definition) is 1. The van der Waals surface area contributed by atoms with E-state index in [1.165, 1.54) is 5.57 Å². The molecule has 0 aromatic carbocycles. The Morgan fingerprint density at radius 3 is 1.02 bits per heavy atom. The Labute approximate surface area is 512 Å². The van der Waals surface area contributed by atoms with E-state index in [-0.39, 0.29) is 91.7 Å². The van der Waals surface area contributed by atoms with Gasteiger partial charge in [0.15, 0.2) is 0 Å². The van der Waals surface area contributed by atoms with Crippen LogP contribution in [0.2, 0.25) is 0 Å². The Balaban J connectivity index is 0. The standard InChI is InChI=1S/C16H27NO3.C15H25NO4.C13H23NO2.C12H21NO3.3CH4.B8/c1-11(18)12-9-16(12)7-8-17(15(5,6)10-16)13(19)20-14(2,3)4;1-13(2,3)20-12(19)16-7-6-15(9-14(16,4)5)8-10(15)11(17)18;1-10-7-8-14(13(5,6)9-10)11(15)16-12(2,3)4;1-11(2,3)16-10(15)13-7-6-9(14)8-12(13,4)5;;;;1-6(2)8(5)7(3)4/h12H,7-10H2,1-6H3;10H,6-9H2,1-5H3,(H,17,18);1,7-9H2,2-6H3;6-8H2,1-5H3;3*1H4;. The van der Waals surface area contributed by atoms with E-state index in [2.05, 4.69) is 34.3 Å². The summed E-state index contributed by atoms with van der Waals surface area (Å²) in [5.41, 5.74) is -1.86.